The summed E-state index contributed by atoms with van der Waals surface area (Å²) < 4.78 is 1.09. The van der Waals surface area contributed by atoms with Crippen LogP contribution >= 0.6 is 16.1 Å². The number of halogens is 1. The Morgan fingerprint density at radius 1 is 1.75 bits per heavy atom. The lowest BCUT2D eigenvalue weighted by Crippen LogP contribution is -2.11. The summed E-state index contributed by atoms with van der Waals surface area (Å²) in [6.45, 7) is 0. The lowest BCUT2D eigenvalue weighted by atomic mass is 10.6. The third-order valence-electron chi connectivity index (χ3n) is 0.675. The van der Waals surface area contributed by atoms with Gasteiger partial charge in [-0.25, -0.2) is 0 Å². The normalized spacial score (nSPS) is 9.12. The van der Waals surface area contributed by atoms with Crippen LogP contribution in [0, 0.1) is 0 Å². The third-order valence-corrected chi connectivity index (χ3v) is 1.21. The van der Waals surface area contributed by atoms with Crippen LogP contribution in [0.25, 0.3) is 0 Å². The van der Waals surface area contributed by atoms with Crippen molar-refractivity contribution in [3.8, 4) is 0 Å². The monoisotopic (exact) mass is 174 g/mol. The minimum absolute atomic E-state index is 0.160. The van der Waals surface area contributed by atoms with Crippen molar-refractivity contribution in [2.24, 2.45) is 0 Å². The summed E-state index contributed by atoms with van der Waals surface area (Å²) in [6, 6.07) is 3.00. The first-order valence-electron chi connectivity index (χ1n) is 2.01. The zero-order valence-electron chi connectivity index (χ0n) is 3.91. The van der Waals surface area contributed by atoms with E-state index in [9.17, 15) is 4.79 Å². The highest BCUT2D eigenvalue weighted by Gasteiger charge is 1.83. The van der Waals surface area contributed by atoms with E-state index in [-0.39, 0.29) is 5.56 Å². The van der Waals surface area contributed by atoms with Gasteiger partial charge in [-0.15, -0.1) is 0 Å². The molecule has 0 aliphatic heterocycles. The van der Waals surface area contributed by atoms with Crippen LogP contribution < -0.4 is 5.56 Å². The largest absolute Gasteiger partial charge is 0.277 e. The summed E-state index contributed by atoms with van der Waals surface area (Å²) in [5, 5.41) is 3.60. The lowest BCUT2D eigenvalue weighted by Gasteiger charge is -1.84. The molecule has 0 fully saturated rings. The summed E-state index contributed by atoms with van der Waals surface area (Å²) in [6.07, 6.45) is 1.52. The van der Waals surface area contributed by atoms with Crippen LogP contribution in [-0.2, 0) is 0 Å². The second-order valence-corrected chi connectivity index (χ2v) is 1.89. The van der Waals surface area contributed by atoms with E-state index in [0.29, 0.717) is 0 Å². The predicted molar refractivity (Wildman–Crippen MR) is 32.8 cm³/mol. The molecule has 0 saturated carbocycles. The first kappa shape index (κ1) is 5.50. The summed E-state index contributed by atoms with van der Waals surface area (Å²) in [4.78, 5) is 10.5. The van der Waals surface area contributed by atoms with Crippen LogP contribution in [0.2, 0.25) is 0 Å². The molecule has 0 aliphatic carbocycles. The molecule has 4 heteroatoms. The Kier molecular flexibility index (Phi) is 1.43. The first-order valence-corrected chi connectivity index (χ1v) is 2.72. The standard InChI is InChI=1S/C4H3BrN2O/c5-7-4(8)2-1-3-6-7/h1-3H. The van der Waals surface area contributed by atoms with E-state index in [2.05, 4.69) is 21.2 Å². The van der Waals surface area contributed by atoms with Crippen LogP contribution in [0.4, 0.5) is 0 Å². The van der Waals surface area contributed by atoms with Gasteiger partial charge in [0.1, 0.15) is 0 Å². The summed E-state index contributed by atoms with van der Waals surface area (Å²) >= 11 is 2.89. The first-order chi connectivity index (χ1) is 3.80. The zero-order chi connectivity index (χ0) is 5.98. The maximum atomic E-state index is 10.5. The Hall–Kier alpha value is -0.640. The van der Waals surface area contributed by atoms with Gasteiger partial charge in [-0.1, -0.05) is 0 Å². The Morgan fingerprint density at radius 2 is 2.50 bits per heavy atom. The molecule has 0 N–H and O–H groups in total. The Balaban J connectivity index is 3.35. The number of hydrogen-bond acceptors (Lipinski definition) is 2. The van der Waals surface area contributed by atoms with Crippen molar-refractivity contribution >= 4 is 16.1 Å². The second kappa shape index (κ2) is 2.09. The maximum Gasteiger partial charge on any atom is 0.277 e. The molecule has 1 aromatic rings. The van der Waals surface area contributed by atoms with Gasteiger partial charge >= 0.3 is 0 Å². The minimum Gasteiger partial charge on any atom is -0.267 e. The fraction of sp³-hybridized carbons (Fsp3) is 0. The maximum absolute atomic E-state index is 10.5. The molecule has 0 amide bonds. The number of rotatable bonds is 0. The van der Waals surface area contributed by atoms with Crippen LogP contribution in [0.15, 0.2) is 23.1 Å². The van der Waals surface area contributed by atoms with Crippen molar-refractivity contribution in [1.29, 1.82) is 0 Å². The van der Waals surface area contributed by atoms with E-state index in [1.54, 1.807) is 6.07 Å². The molecule has 3 nitrogen and oxygen atoms in total. The molecule has 0 atom stereocenters. The summed E-state index contributed by atoms with van der Waals surface area (Å²) in [7, 11) is 0. The fourth-order valence-electron chi connectivity index (χ4n) is 0.341. The van der Waals surface area contributed by atoms with E-state index >= 15 is 0 Å². The van der Waals surface area contributed by atoms with Crippen LogP contribution in [-0.4, -0.2) is 8.81 Å². The quantitative estimate of drug-likeness (QED) is 0.571. The van der Waals surface area contributed by atoms with Crippen molar-refractivity contribution in [2.75, 3.05) is 0 Å². The van der Waals surface area contributed by atoms with Gasteiger partial charge in [0.25, 0.3) is 5.56 Å². The molecule has 42 valence electrons. The molecular formula is C4H3BrN2O. The van der Waals surface area contributed by atoms with Gasteiger partial charge in [-0.2, -0.15) is 8.81 Å². The van der Waals surface area contributed by atoms with Crippen LogP contribution in [0.3, 0.4) is 0 Å². The lowest BCUT2D eigenvalue weighted by molar-refractivity contribution is 0.937. The van der Waals surface area contributed by atoms with E-state index in [0.717, 1.165) is 3.71 Å². The Bertz CT molecular complexity index is 231. The SMILES string of the molecule is O=c1cccnn1Br. The predicted octanol–water partition coefficient (Wildman–Crippen LogP) is 0.401. The summed E-state index contributed by atoms with van der Waals surface area (Å²) in [5.74, 6) is 0. The molecule has 0 spiro atoms. The van der Waals surface area contributed by atoms with Gasteiger partial charge < -0.3 is 0 Å². The molecule has 0 unspecified atom stereocenters. The average Bonchev–Trinajstić information content (AvgIpc) is 1.77. The molecule has 0 aromatic carbocycles. The van der Waals surface area contributed by atoms with E-state index in [1.807, 2.05) is 0 Å². The van der Waals surface area contributed by atoms with Crippen molar-refractivity contribution in [1.82, 2.24) is 8.81 Å². The molecular weight excluding hydrogens is 172 g/mol. The average molecular weight is 175 g/mol. The molecule has 0 aliphatic rings. The molecule has 1 heterocycles. The third kappa shape index (κ3) is 0.949. The van der Waals surface area contributed by atoms with Crippen molar-refractivity contribution in [3.63, 3.8) is 0 Å². The highest BCUT2D eigenvalue weighted by atomic mass is 79.9. The van der Waals surface area contributed by atoms with Crippen molar-refractivity contribution in [3.05, 3.63) is 28.7 Å². The molecule has 0 bridgehead atoms. The topological polar surface area (TPSA) is 34.9 Å². The fourth-order valence-corrected chi connectivity index (χ4v) is 0.565. The van der Waals surface area contributed by atoms with Gasteiger partial charge in [0, 0.05) is 12.3 Å². The number of nitrogens with zero attached hydrogens (tertiary/aromatic N) is 2. The Labute approximate surface area is 54.3 Å². The van der Waals surface area contributed by atoms with Crippen molar-refractivity contribution in [2.45, 2.75) is 0 Å². The highest BCUT2D eigenvalue weighted by Crippen LogP contribution is 1.77. The van der Waals surface area contributed by atoms with E-state index in [4.69, 9.17) is 0 Å². The van der Waals surface area contributed by atoms with Gasteiger partial charge in [0.2, 0.25) is 0 Å². The molecule has 1 rings (SSSR count). The van der Waals surface area contributed by atoms with Crippen LogP contribution in [0.5, 0.6) is 0 Å². The van der Waals surface area contributed by atoms with E-state index in [1.165, 1.54) is 12.3 Å². The zero-order valence-corrected chi connectivity index (χ0v) is 5.50. The molecule has 8 heavy (non-hydrogen) atoms. The van der Waals surface area contributed by atoms with E-state index < -0.39 is 0 Å². The summed E-state index contributed by atoms with van der Waals surface area (Å²) in [5.41, 5.74) is -0.160. The number of hydrogen-bond donors (Lipinski definition) is 0. The van der Waals surface area contributed by atoms with Crippen LogP contribution in [0.1, 0.15) is 0 Å². The van der Waals surface area contributed by atoms with Gasteiger partial charge in [0.15, 0.2) is 0 Å². The number of aromatic nitrogens is 2. The molecule has 0 radical (unpaired) electrons. The highest BCUT2D eigenvalue weighted by molar-refractivity contribution is 9.08. The Morgan fingerprint density at radius 3 is 2.88 bits per heavy atom. The van der Waals surface area contributed by atoms with Crippen molar-refractivity contribution < 1.29 is 0 Å². The molecule has 0 saturated heterocycles. The smallest absolute Gasteiger partial charge is 0.267 e. The minimum atomic E-state index is -0.160. The molecule has 1 aromatic heterocycles. The van der Waals surface area contributed by atoms with Gasteiger partial charge in [-0.3, -0.25) is 4.79 Å². The second-order valence-electron chi connectivity index (χ2n) is 1.22. The van der Waals surface area contributed by atoms with Gasteiger partial charge in [-0.05, 0) is 6.07 Å². The van der Waals surface area contributed by atoms with Gasteiger partial charge in [0.05, 0.1) is 16.1 Å².